The van der Waals surface area contributed by atoms with E-state index in [9.17, 15) is 14.4 Å². The number of hydrogen-bond donors (Lipinski definition) is 1. The van der Waals surface area contributed by atoms with E-state index in [0.717, 1.165) is 31.2 Å². The first-order valence-electron chi connectivity index (χ1n) is 11.7. The summed E-state index contributed by atoms with van der Waals surface area (Å²) in [7, 11) is 1.56. The molecule has 0 spiro atoms. The molecular weight excluding hydrogens is 494 g/mol. The van der Waals surface area contributed by atoms with E-state index in [0.29, 0.717) is 38.1 Å². The molecule has 0 atom stereocenters. The minimum absolute atomic E-state index is 0.0183. The van der Waals surface area contributed by atoms with E-state index < -0.39 is 0 Å². The molecule has 1 aliphatic carbocycles. The Morgan fingerprint density at radius 2 is 1.86 bits per heavy atom. The van der Waals surface area contributed by atoms with Gasteiger partial charge < -0.3 is 10.1 Å². The summed E-state index contributed by atoms with van der Waals surface area (Å²) in [6.45, 7) is 1.46. The zero-order valence-corrected chi connectivity index (χ0v) is 21.6. The van der Waals surface area contributed by atoms with E-state index >= 15 is 0 Å². The predicted molar refractivity (Wildman–Crippen MR) is 144 cm³/mol. The molecule has 1 amide bonds. The number of ether oxygens (including phenoxy) is 1. The number of methoxy groups -OCH3 is 1. The Hall–Kier alpha value is -3.43. The Labute approximate surface area is 216 Å². The summed E-state index contributed by atoms with van der Waals surface area (Å²) >= 11 is 2.76. The van der Waals surface area contributed by atoms with Crippen LogP contribution in [0.3, 0.4) is 0 Å². The van der Waals surface area contributed by atoms with Crippen molar-refractivity contribution in [3.63, 3.8) is 0 Å². The number of nitrogens with one attached hydrogen (secondary N) is 1. The van der Waals surface area contributed by atoms with Gasteiger partial charge in [0.2, 0.25) is 5.91 Å². The lowest BCUT2D eigenvalue weighted by Gasteiger charge is -2.16. The summed E-state index contributed by atoms with van der Waals surface area (Å²) in [6.07, 6.45) is 4.02. The summed E-state index contributed by atoms with van der Waals surface area (Å²) in [5, 5.41) is 3.91. The molecule has 184 valence electrons. The van der Waals surface area contributed by atoms with Crippen molar-refractivity contribution in [3.8, 4) is 11.4 Å². The number of anilines is 1. The molecule has 36 heavy (non-hydrogen) atoms. The van der Waals surface area contributed by atoms with Crippen molar-refractivity contribution in [2.45, 2.75) is 37.8 Å². The van der Waals surface area contributed by atoms with Gasteiger partial charge in [-0.25, -0.2) is 4.98 Å². The lowest BCUT2D eigenvalue weighted by Crippen LogP contribution is -2.24. The van der Waals surface area contributed by atoms with Gasteiger partial charge in [-0.05, 0) is 62.4 Å². The first-order chi connectivity index (χ1) is 17.5. The molecule has 0 aliphatic heterocycles. The number of hydrogen-bond acceptors (Lipinski definition) is 7. The second-order valence-electron chi connectivity index (χ2n) is 8.54. The number of amides is 1. The summed E-state index contributed by atoms with van der Waals surface area (Å²) in [5.41, 5.74) is 2.46. The Morgan fingerprint density at radius 1 is 1.11 bits per heavy atom. The molecular formula is C27H25N3O4S2. The molecule has 2 heterocycles. The number of aromatic nitrogens is 2. The molecule has 4 aromatic rings. The largest absolute Gasteiger partial charge is 0.495 e. The second-order valence-corrected chi connectivity index (χ2v) is 10.6. The Kier molecular flexibility index (Phi) is 6.93. The fraction of sp³-hybridized carbons (Fsp3) is 0.259. The molecule has 2 aromatic carbocycles. The van der Waals surface area contributed by atoms with Crippen molar-refractivity contribution in [3.05, 3.63) is 74.9 Å². The molecule has 0 saturated carbocycles. The van der Waals surface area contributed by atoms with Crippen LogP contribution in [0, 0.1) is 0 Å². The summed E-state index contributed by atoms with van der Waals surface area (Å²) in [4.78, 5) is 45.5. The molecule has 5 rings (SSSR count). The highest BCUT2D eigenvalue weighted by Gasteiger charge is 2.24. The van der Waals surface area contributed by atoms with Crippen molar-refractivity contribution in [1.82, 2.24) is 9.55 Å². The Bertz CT molecular complexity index is 1540. The number of nitrogens with zero attached hydrogens (tertiary/aromatic N) is 2. The van der Waals surface area contributed by atoms with Crippen LogP contribution in [0.15, 0.2) is 58.5 Å². The number of carbonyl (C=O) groups is 2. The molecule has 1 N–H and O–H groups in total. The zero-order valence-electron chi connectivity index (χ0n) is 20.0. The van der Waals surface area contributed by atoms with Gasteiger partial charge in [-0.2, -0.15) is 0 Å². The summed E-state index contributed by atoms with van der Waals surface area (Å²) < 4.78 is 7.11. The van der Waals surface area contributed by atoms with Crippen molar-refractivity contribution in [2.24, 2.45) is 0 Å². The van der Waals surface area contributed by atoms with Gasteiger partial charge in [-0.3, -0.25) is 19.0 Å². The standard InChI is InChI=1S/C27H25N3O4S2/c1-16(31)17-9-3-5-11-19(17)28-23(32)15-35-27-29-25-24(18-10-4-8-14-22(18)36-25)26(33)30(27)20-12-6-7-13-21(20)34-2/h3,5-7,9,11-13H,4,8,10,14-15H2,1-2H3,(H,28,32). The number of fused-ring (bicyclic) bond motifs is 3. The Morgan fingerprint density at radius 3 is 2.67 bits per heavy atom. The summed E-state index contributed by atoms with van der Waals surface area (Å²) in [5.74, 6) is 0.147. The van der Waals surface area contributed by atoms with Gasteiger partial charge in [0, 0.05) is 10.4 Å². The maximum Gasteiger partial charge on any atom is 0.267 e. The van der Waals surface area contributed by atoms with Gasteiger partial charge in [0.1, 0.15) is 10.6 Å². The van der Waals surface area contributed by atoms with Crippen LogP contribution in [0.2, 0.25) is 0 Å². The molecule has 0 saturated heterocycles. The molecule has 7 nitrogen and oxygen atoms in total. The fourth-order valence-corrected chi connectivity index (χ4v) is 6.63. The lowest BCUT2D eigenvalue weighted by molar-refractivity contribution is -0.113. The van der Waals surface area contributed by atoms with Crippen LogP contribution in [0.4, 0.5) is 5.69 Å². The highest BCUT2D eigenvalue weighted by molar-refractivity contribution is 7.99. The van der Waals surface area contributed by atoms with Gasteiger partial charge in [0.25, 0.3) is 5.56 Å². The number of thioether (sulfide) groups is 1. The van der Waals surface area contributed by atoms with Gasteiger partial charge in [0.05, 0.1) is 29.6 Å². The SMILES string of the molecule is COc1ccccc1-n1c(SCC(=O)Nc2ccccc2C(C)=O)nc2sc3c(c2c1=O)CCCC3. The van der Waals surface area contributed by atoms with E-state index in [1.54, 1.807) is 53.3 Å². The van der Waals surface area contributed by atoms with E-state index in [1.165, 1.54) is 23.6 Å². The number of aryl methyl sites for hydroxylation is 2. The van der Waals surface area contributed by atoms with Crippen LogP contribution in [0.25, 0.3) is 15.9 Å². The minimum Gasteiger partial charge on any atom is -0.495 e. The van der Waals surface area contributed by atoms with Crippen LogP contribution in [-0.4, -0.2) is 34.1 Å². The molecule has 0 fully saturated rings. The number of Topliss-reactive ketones (excluding diaryl/α,β-unsaturated/α-hetero) is 1. The van der Waals surface area contributed by atoms with E-state index in [-0.39, 0.29) is 23.0 Å². The number of para-hydroxylation sites is 3. The molecule has 0 unspecified atom stereocenters. The number of thiophene rings is 1. The van der Waals surface area contributed by atoms with E-state index in [4.69, 9.17) is 9.72 Å². The maximum atomic E-state index is 13.9. The highest BCUT2D eigenvalue weighted by Crippen LogP contribution is 2.36. The van der Waals surface area contributed by atoms with Crippen molar-refractivity contribution in [2.75, 3.05) is 18.2 Å². The third-order valence-electron chi connectivity index (χ3n) is 6.20. The predicted octanol–water partition coefficient (Wildman–Crippen LogP) is 5.27. The topological polar surface area (TPSA) is 90.3 Å². The number of ketones is 1. The molecule has 2 aromatic heterocycles. The smallest absolute Gasteiger partial charge is 0.267 e. The first kappa shape index (κ1) is 24.3. The average Bonchev–Trinajstić information content (AvgIpc) is 3.26. The molecule has 0 radical (unpaired) electrons. The van der Waals surface area contributed by atoms with Crippen LogP contribution < -0.4 is 15.6 Å². The lowest BCUT2D eigenvalue weighted by atomic mass is 9.97. The monoisotopic (exact) mass is 519 g/mol. The molecule has 9 heteroatoms. The van der Waals surface area contributed by atoms with Gasteiger partial charge in [-0.15, -0.1) is 11.3 Å². The summed E-state index contributed by atoms with van der Waals surface area (Å²) in [6, 6.07) is 14.2. The normalized spacial score (nSPS) is 12.8. The average molecular weight is 520 g/mol. The van der Waals surface area contributed by atoms with Crippen molar-refractivity contribution in [1.29, 1.82) is 0 Å². The molecule has 0 bridgehead atoms. The fourth-order valence-electron chi connectivity index (χ4n) is 4.53. The first-order valence-corrected chi connectivity index (χ1v) is 13.5. The quantitative estimate of drug-likeness (QED) is 0.203. The highest BCUT2D eigenvalue weighted by atomic mass is 32.2. The van der Waals surface area contributed by atoms with Gasteiger partial charge >= 0.3 is 0 Å². The van der Waals surface area contributed by atoms with Gasteiger partial charge in [-0.1, -0.05) is 36.0 Å². The zero-order chi connectivity index (χ0) is 25.2. The van der Waals surface area contributed by atoms with E-state index in [2.05, 4.69) is 5.32 Å². The van der Waals surface area contributed by atoms with Gasteiger partial charge in [0.15, 0.2) is 10.9 Å². The van der Waals surface area contributed by atoms with Crippen molar-refractivity contribution < 1.29 is 14.3 Å². The second kappa shape index (κ2) is 10.3. The number of rotatable bonds is 7. The van der Waals surface area contributed by atoms with Crippen LogP contribution in [0.1, 0.15) is 40.6 Å². The third kappa shape index (κ3) is 4.56. The van der Waals surface area contributed by atoms with E-state index in [1.807, 2.05) is 18.2 Å². The number of benzene rings is 2. The number of carbonyl (C=O) groups excluding carboxylic acids is 2. The minimum atomic E-state index is -0.292. The Balaban J connectivity index is 1.54. The van der Waals surface area contributed by atoms with Crippen LogP contribution in [-0.2, 0) is 17.6 Å². The molecule has 1 aliphatic rings. The van der Waals surface area contributed by atoms with Crippen LogP contribution >= 0.6 is 23.1 Å². The maximum absolute atomic E-state index is 13.9. The third-order valence-corrected chi connectivity index (χ3v) is 8.32. The van der Waals surface area contributed by atoms with Crippen molar-refractivity contribution >= 4 is 50.7 Å². The van der Waals surface area contributed by atoms with Crippen LogP contribution in [0.5, 0.6) is 5.75 Å².